The largest absolute Gasteiger partial charge is 0.302 e. The number of hydrogen-bond acceptors (Lipinski definition) is 4. The van der Waals surface area contributed by atoms with E-state index < -0.39 is 0 Å². The molecule has 1 N–H and O–H groups in total. The van der Waals surface area contributed by atoms with E-state index in [1.54, 1.807) is 11.8 Å². The van der Waals surface area contributed by atoms with Crippen LogP contribution in [0.1, 0.15) is 24.0 Å². The predicted octanol–water partition coefficient (Wildman–Crippen LogP) is 7.57. The molecule has 0 saturated carbocycles. The smallest absolute Gasteiger partial charge is 0.226 e. The summed E-state index contributed by atoms with van der Waals surface area (Å²) in [4.78, 5) is 18.0. The van der Waals surface area contributed by atoms with Gasteiger partial charge in [0.05, 0.1) is 5.69 Å². The summed E-state index contributed by atoms with van der Waals surface area (Å²) in [5.74, 6) is 0.883. The lowest BCUT2D eigenvalue weighted by Gasteiger charge is -2.04. The Labute approximate surface area is 201 Å². The zero-order valence-electron chi connectivity index (χ0n) is 17.5. The summed E-state index contributed by atoms with van der Waals surface area (Å²) in [6.07, 6.45) is 2.19. The van der Waals surface area contributed by atoms with Crippen molar-refractivity contribution >= 4 is 45.7 Å². The monoisotopic (exact) mass is 478 g/mol. The highest BCUT2D eigenvalue weighted by atomic mass is 35.5. The Morgan fingerprint density at radius 2 is 1.66 bits per heavy atom. The summed E-state index contributed by atoms with van der Waals surface area (Å²) in [6.45, 7) is 0. The van der Waals surface area contributed by atoms with E-state index in [0.717, 1.165) is 39.8 Å². The number of anilines is 1. The third kappa shape index (κ3) is 6.70. The van der Waals surface area contributed by atoms with Crippen LogP contribution >= 0.6 is 34.7 Å². The molecule has 0 atom stereocenters. The Morgan fingerprint density at radius 3 is 2.41 bits per heavy atom. The molecule has 0 bridgehead atoms. The van der Waals surface area contributed by atoms with Crippen LogP contribution in [-0.4, -0.2) is 16.6 Å². The van der Waals surface area contributed by atoms with E-state index in [0.29, 0.717) is 11.6 Å². The summed E-state index contributed by atoms with van der Waals surface area (Å²) in [5, 5.41) is 6.29. The van der Waals surface area contributed by atoms with Gasteiger partial charge in [0, 0.05) is 27.3 Å². The van der Waals surface area contributed by atoms with Crippen molar-refractivity contribution in [2.45, 2.75) is 24.2 Å². The van der Waals surface area contributed by atoms with Crippen molar-refractivity contribution in [3.8, 4) is 11.3 Å². The highest BCUT2D eigenvalue weighted by molar-refractivity contribution is 7.99. The molecule has 0 aliphatic carbocycles. The van der Waals surface area contributed by atoms with Gasteiger partial charge in [-0.25, -0.2) is 4.98 Å². The molecule has 0 radical (unpaired) electrons. The first-order valence-electron chi connectivity index (χ1n) is 10.4. The van der Waals surface area contributed by atoms with Crippen LogP contribution in [0.15, 0.2) is 89.1 Å². The standard InChI is InChI=1S/C26H23ClN2OS2/c27-22-12-14-23(15-13-22)31-16-4-7-25(30)29-26-28-24(18-32-26)21-10-8-20(9-11-21)17-19-5-2-1-3-6-19/h1-3,5-6,8-15,18H,4,7,16-17H2,(H,28,29,30). The molecule has 1 heterocycles. The lowest BCUT2D eigenvalue weighted by molar-refractivity contribution is -0.116. The van der Waals surface area contributed by atoms with Crippen LogP contribution < -0.4 is 5.32 Å². The van der Waals surface area contributed by atoms with E-state index >= 15 is 0 Å². The molecule has 32 heavy (non-hydrogen) atoms. The van der Waals surface area contributed by atoms with Crippen LogP contribution in [-0.2, 0) is 11.2 Å². The molecule has 4 rings (SSSR count). The number of carbonyl (C=O) groups excluding carboxylic acids is 1. The van der Waals surface area contributed by atoms with E-state index in [2.05, 4.69) is 58.8 Å². The summed E-state index contributed by atoms with van der Waals surface area (Å²) >= 11 is 9.09. The lowest BCUT2D eigenvalue weighted by Crippen LogP contribution is -2.11. The number of thioether (sulfide) groups is 1. The average molecular weight is 479 g/mol. The van der Waals surface area contributed by atoms with Crippen molar-refractivity contribution in [1.82, 2.24) is 4.98 Å². The summed E-state index contributed by atoms with van der Waals surface area (Å²) in [7, 11) is 0. The molecule has 4 aromatic rings. The fraction of sp³-hybridized carbons (Fsp3) is 0.154. The zero-order chi connectivity index (χ0) is 22.2. The quantitative estimate of drug-likeness (QED) is 0.199. The van der Waals surface area contributed by atoms with E-state index in [1.165, 1.54) is 22.5 Å². The van der Waals surface area contributed by atoms with Gasteiger partial charge in [-0.15, -0.1) is 23.1 Å². The molecule has 0 aliphatic heterocycles. The number of halogens is 1. The third-order valence-electron chi connectivity index (χ3n) is 4.88. The van der Waals surface area contributed by atoms with E-state index in [1.807, 2.05) is 35.7 Å². The minimum atomic E-state index is 0.000755. The number of benzene rings is 3. The Bertz CT molecular complexity index is 1140. The first-order valence-corrected chi connectivity index (χ1v) is 12.7. The minimum Gasteiger partial charge on any atom is -0.302 e. The van der Waals surface area contributed by atoms with E-state index in [4.69, 9.17) is 11.6 Å². The lowest BCUT2D eigenvalue weighted by atomic mass is 10.0. The van der Waals surface area contributed by atoms with Crippen LogP contribution in [0, 0.1) is 0 Å². The van der Waals surface area contributed by atoms with Gasteiger partial charge < -0.3 is 5.32 Å². The maximum atomic E-state index is 12.3. The highest BCUT2D eigenvalue weighted by Crippen LogP contribution is 2.26. The van der Waals surface area contributed by atoms with Gasteiger partial charge in [-0.2, -0.15) is 0 Å². The first kappa shape index (κ1) is 22.6. The molecule has 0 aliphatic rings. The fourth-order valence-corrected chi connectivity index (χ4v) is 4.94. The van der Waals surface area contributed by atoms with Gasteiger partial charge in [0.2, 0.25) is 5.91 Å². The van der Waals surface area contributed by atoms with Crippen molar-refractivity contribution in [2.24, 2.45) is 0 Å². The van der Waals surface area contributed by atoms with Gasteiger partial charge in [0.25, 0.3) is 0 Å². The second-order valence-corrected chi connectivity index (χ2v) is 9.81. The van der Waals surface area contributed by atoms with Gasteiger partial charge >= 0.3 is 0 Å². The predicted molar refractivity (Wildman–Crippen MR) is 137 cm³/mol. The molecule has 1 amide bonds. The number of aromatic nitrogens is 1. The molecule has 0 fully saturated rings. The molecule has 162 valence electrons. The van der Waals surface area contributed by atoms with Crippen molar-refractivity contribution in [1.29, 1.82) is 0 Å². The van der Waals surface area contributed by atoms with Gasteiger partial charge in [-0.05, 0) is 54.0 Å². The van der Waals surface area contributed by atoms with Gasteiger partial charge in [0.15, 0.2) is 5.13 Å². The second kappa shape index (κ2) is 11.3. The molecule has 3 aromatic carbocycles. The highest BCUT2D eigenvalue weighted by Gasteiger charge is 2.09. The third-order valence-corrected chi connectivity index (χ3v) is 6.99. The van der Waals surface area contributed by atoms with Crippen molar-refractivity contribution in [3.05, 3.63) is 100 Å². The van der Waals surface area contributed by atoms with Crippen molar-refractivity contribution in [3.63, 3.8) is 0 Å². The summed E-state index contributed by atoms with van der Waals surface area (Å²) in [5.41, 5.74) is 4.50. The average Bonchev–Trinajstić information content (AvgIpc) is 3.27. The number of carbonyl (C=O) groups is 1. The molecule has 1 aromatic heterocycles. The van der Waals surface area contributed by atoms with Crippen LogP contribution in [0.4, 0.5) is 5.13 Å². The Balaban J connectivity index is 1.24. The zero-order valence-corrected chi connectivity index (χ0v) is 19.9. The van der Waals surface area contributed by atoms with Crippen LogP contribution in [0.2, 0.25) is 5.02 Å². The summed E-state index contributed by atoms with van der Waals surface area (Å²) in [6, 6.07) is 26.7. The van der Waals surface area contributed by atoms with Crippen LogP contribution in [0.25, 0.3) is 11.3 Å². The number of nitrogens with zero attached hydrogens (tertiary/aromatic N) is 1. The summed E-state index contributed by atoms with van der Waals surface area (Å²) < 4.78 is 0. The fourth-order valence-electron chi connectivity index (χ4n) is 3.22. The number of nitrogens with one attached hydrogen (secondary N) is 1. The molecule has 0 unspecified atom stereocenters. The Hall–Kier alpha value is -2.60. The normalized spacial score (nSPS) is 10.8. The molecule has 6 heteroatoms. The molecule has 0 spiro atoms. The molecule has 3 nitrogen and oxygen atoms in total. The Morgan fingerprint density at radius 1 is 0.938 bits per heavy atom. The van der Waals surface area contributed by atoms with Crippen molar-refractivity contribution in [2.75, 3.05) is 11.1 Å². The SMILES string of the molecule is O=C(CCCSc1ccc(Cl)cc1)Nc1nc(-c2ccc(Cc3ccccc3)cc2)cs1. The van der Waals surface area contributed by atoms with Crippen molar-refractivity contribution < 1.29 is 4.79 Å². The van der Waals surface area contributed by atoms with Gasteiger partial charge in [-0.3, -0.25) is 4.79 Å². The van der Waals surface area contributed by atoms with E-state index in [9.17, 15) is 4.79 Å². The number of hydrogen-bond donors (Lipinski definition) is 1. The second-order valence-electron chi connectivity index (χ2n) is 7.35. The molecular formula is C26H23ClN2OS2. The number of rotatable bonds is 9. The molecular weight excluding hydrogens is 456 g/mol. The van der Waals surface area contributed by atoms with Crippen LogP contribution in [0.3, 0.4) is 0 Å². The van der Waals surface area contributed by atoms with Gasteiger partial charge in [0.1, 0.15) is 0 Å². The first-order chi connectivity index (χ1) is 15.7. The number of amides is 1. The van der Waals surface area contributed by atoms with Gasteiger partial charge in [-0.1, -0.05) is 66.2 Å². The van der Waals surface area contributed by atoms with E-state index in [-0.39, 0.29) is 5.91 Å². The molecule has 0 saturated heterocycles. The van der Waals surface area contributed by atoms with Crippen LogP contribution in [0.5, 0.6) is 0 Å². The minimum absolute atomic E-state index is 0.000755. The Kier molecular flexibility index (Phi) is 7.99. The topological polar surface area (TPSA) is 42.0 Å². The maximum Gasteiger partial charge on any atom is 0.226 e. The number of thiazole rings is 1. The maximum absolute atomic E-state index is 12.3.